The molecule has 0 aromatic carbocycles. The zero-order valence-electron chi connectivity index (χ0n) is 9.51. The van der Waals surface area contributed by atoms with E-state index in [1.165, 1.54) is 6.42 Å². The molecule has 0 aliphatic carbocycles. The summed E-state index contributed by atoms with van der Waals surface area (Å²) in [5.41, 5.74) is 0.222. The minimum atomic E-state index is 0.222. The number of nitrogens with zero attached hydrogens (tertiary/aromatic N) is 2. The van der Waals surface area contributed by atoms with Crippen LogP contribution >= 0.6 is 0 Å². The number of hydrogen-bond acceptors (Lipinski definition) is 3. The highest BCUT2D eigenvalue weighted by Crippen LogP contribution is 2.16. The summed E-state index contributed by atoms with van der Waals surface area (Å²) in [7, 11) is 0. The van der Waals surface area contributed by atoms with Crippen LogP contribution < -0.4 is 5.32 Å². The summed E-state index contributed by atoms with van der Waals surface area (Å²) in [4.78, 5) is 2.47. The van der Waals surface area contributed by atoms with E-state index in [1.807, 2.05) is 0 Å². The molecule has 14 heavy (non-hydrogen) atoms. The van der Waals surface area contributed by atoms with Crippen molar-refractivity contribution >= 4 is 0 Å². The van der Waals surface area contributed by atoms with Crippen LogP contribution in [-0.4, -0.2) is 36.1 Å². The molecule has 1 unspecified atom stereocenters. The van der Waals surface area contributed by atoms with Crippen molar-refractivity contribution in [3.63, 3.8) is 0 Å². The summed E-state index contributed by atoms with van der Waals surface area (Å²) in [5, 5.41) is 12.1. The van der Waals surface area contributed by atoms with E-state index in [1.54, 1.807) is 0 Å². The Morgan fingerprint density at radius 3 is 2.79 bits per heavy atom. The van der Waals surface area contributed by atoms with Crippen molar-refractivity contribution in [2.45, 2.75) is 45.2 Å². The van der Waals surface area contributed by atoms with Crippen LogP contribution in [0.3, 0.4) is 0 Å². The third-order valence-corrected chi connectivity index (χ3v) is 2.76. The molecule has 0 bridgehead atoms. The molecular weight excluding hydrogens is 174 g/mol. The highest BCUT2D eigenvalue weighted by Gasteiger charge is 2.25. The fourth-order valence-electron chi connectivity index (χ4n) is 1.85. The Bertz CT molecular complexity index is 212. The highest BCUT2D eigenvalue weighted by molar-refractivity contribution is 4.88. The molecule has 3 heteroatoms. The second kappa shape index (κ2) is 4.77. The quantitative estimate of drug-likeness (QED) is 0.686. The van der Waals surface area contributed by atoms with E-state index in [0.717, 1.165) is 19.6 Å². The standard InChI is InChI=1S/C11H21N3/c1-11(2,3)14-8-4-7-13-10(9-14)5-6-12/h10,13H,4-5,7-9H2,1-3H3. The number of nitriles is 1. The van der Waals surface area contributed by atoms with Gasteiger partial charge in [-0.2, -0.15) is 5.26 Å². The largest absolute Gasteiger partial charge is 0.312 e. The van der Waals surface area contributed by atoms with Gasteiger partial charge >= 0.3 is 0 Å². The third-order valence-electron chi connectivity index (χ3n) is 2.76. The minimum Gasteiger partial charge on any atom is -0.312 e. The average molecular weight is 195 g/mol. The van der Waals surface area contributed by atoms with Crippen LogP contribution in [0, 0.1) is 11.3 Å². The van der Waals surface area contributed by atoms with Gasteiger partial charge < -0.3 is 5.32 Å². The first kappa shape index (κ1) is 11.5. The number of hydrogen-bond donors (Lipinski definition) is 1. The fourth-order valence-corrected chi connectivity index (χ4v) is 1.85. The predicted octanol–water partition coefficient (Wildman–Crippen LogP) is 1.36. The van der Waals surface area contributed by atoms with Crippen molar-refractivity contribution in [1.29, 1.82) is 5.26 Å². The second-order valence-corrected chi connectivity index (χ2v) is 4.98. The summed E-state index contributed by atoms with van der Waals surface area (Å²) in [6, 6.07) is 2.60. The van der Waals surface area contributed by atoms with E-state index in [4.69, 9.17) is 5.26 Å². The summed E-state index contributed by atoms with van der Waals surface area (Å²) in [6.07, 6.45) is 1.80. The third kappa shape index (κ3) is 3.28. The topological polar surface area (TPSA) is 39.1 Å². The van der Waals surface area contributed by atoms with Gasteiger partial charge in [0, 0.05) is 18.1 Å². The van der Waals surface area contributed by atoms with Crippen LogP contribution in [0.15, 0.2) is 0 Å². The Hall–Kier alpha value is -0.590. The van der Waals surface area contributed by atoms with Gasteiger partial charge in [-0.15, -0.1) is 0 Å². The van der Waals surface area contributed by atoms with Gasteiger partial charge in [-0.3, -0.25) is 4.90 Å². The van der Waals surface area contributed by atoms with E-state index in [0.29, 0.717) is 12.5 Å². The lowest BCUT2D eigenvalue weighted by Crippen LogP contribution is -2.46. The Morgan fingerprint density at radius 1 is 1.50 bits per heavy atom. The van der Waals surface area contributed by atoms with Crippen molar-refractivity contribution in [2.75, 3.05) is 19.6 Å². The van der Waals surface area contributed by atoms with E-state index in [2.05, 4.69) is 37.1 Å². The molecule has 0 aromatic rings. The smallest absolute Gasteiger partial charge is 0.0638 e. The van der Waals surface area contributed by atoms with Gasteiger partial charge in [0.25, 0.3) is 0 Å². The monoisotopic (exact) mass is 195 g/mol. The van der Waals surface area contributed by atoms with Crippen LogP contribution in [0.4, 0.5) is 0 Å². The van der Waals surface area contributed by atoms with Crippen LogP contribution in [0.2, 0.25) is 0 Å². The summed E-state index contributed by atoms with van der Waals surface area (Å²) in [5.74, 6) is 0. The normalized spacial score (nSPS) is 25.4. The van der Waals surface area contributed by atoms with Crippen LogP contribution in [0.25, 0.3) is 0 Å². The summed E-state index contributed by atoms with van der Waals surface area (Å²) >= 11 is 0. The van der Waals surface area contributed by atoms with E-state index >= 15 is 0 Å². The molecule has 1 N–H and O–H groups in total. The first-order chi connectivity index (χ1) is 6.54. The SMILES string of the molecule is CC(C)(C)N1CCCNC(CC#N)C1. The van der Waals surface area contributed by atoms with Gasteiger partial charge in [-0.05, 0) is 40.3 Å². The minimum absolute atomic E-state index is 0.222. The first-order valence-corrected chi connectivity index (χ1v) is 5.39. The zero-order valence-corrected chi connectivity index (χ0v) is 9.51. The fraction of sp³-hybridized carbons (Fsp3) is 0.909. The highest BCUT2D eigenvalue weighted by atomic mass is 15.2. The van der Waals surface area contributed by atoms with E-state index < -0.39 is 0 Å². The van der Waals surface area contributed by atoms with E-state index in [9.17, 15) is 0 Å². The maximum absolute atomic E-state index is 8.69. The van der Waals surface area contributed by atoms with E-state index in [-0.39, 0.29) is 5.54 Å². The number of nitrogens with one attached hydrogen (secondary N) is 1. The van der Waals surface area contributed by atoms with Gasteiger partial charge in [0.15, 0.2) is 0 Å². The average Bonchev–Trinajstić information content (AvgIpc) is 2.29. The predicted molar refractivity (Wildman–Crippen MR) is 58.0 cm³/mol. The Balaban J connectivity index is 2.56. The first-order valence-electron chi connectivity index (χ1n) is 5.39. The lowest BCUT2D eigenvalue weighted by molar-refractivity contribution is 0.135. The van der Waals surface area contributed by atoms with Gasteiger partial charge in [0.1, 0.15) is 0 Å². The molecule has 80 valence electrons. The van der Waals surface area contributed by atoms with Crippen molar-refractivity contribution in [1.82, 2.24) is 10.2 Å². The molecule has 1 rings (SSSR count). The molecule has 0 radical (unpaired) electrons. The van der Waals surface area contributed by atoms with Gasteiger partial charge in [-0.1, -0.05) is 0 Å². The molecule has 1 aliphatic rings. The Kier molecular flexibility index (Phi) is 3.91. The van der Waals surface area contributed by atoms with Crippen LogP contribution in [0.5, 0.6) is 0 Å². The lowest BCUT2D eigenvalue weighted by atomic mass is 10.0. The second-order valence-electron chi connectivity index (χ2n) is 4.98. The molecule has 1 atom stereocenters. The Morgan fingerprint density at radius 2 is 2.21 bits per heavy atom. The van der Waals surface area contributed by atoms with Crippen molar-refractivity contribution in [3.8, 4) is 6.07 Å². The van der Waals surface area contributed by atoms with Crippen LogP contribution in [-0.2, 0) is 0 Å². The molecule has 1 saturated heterocycles. The molecule has 0 amide bonds. The maximum Gasteiger partial charge on any atom is 0.0638 e. The van der Waals surface area contributed by atoms with Crippen molar-refractivity contribution < 1.29 is 0 Å². The molecule has 1 aliphatic heterocycles. The molecule has 0 spiro atoms. The van der Waals surface area contributed by atoms with Crippen molar-refractivity contribution in [2.24, 2.45) is 0 Å². The lowest BCUT2D eigenvalue weighted by Gasteiger charge is -2.35. The molecular formula is C11H21N3. The van der Waals surface area contributed by atoms with Gasteiger partial charge in [0.2, 0.25) is 0 Å². The van der Waals surface area contributed by atoms with Crippen LogP contribution in [0.1, 0.15) is 33.6 Å². The molecule has 0 aromatic heterocycles. The van der Waals surface area contributed by atoms with Gasteiger partial charge in [0.05, 0.1) is 12.5 Å². The zero-order chi connectivity index (χ0) is 10.6. The maximum atomic E-state index is 8.69. The summed E-state index contributed by atoms with van der Waals surface area (Å²) in [6.45, 7) is 9.89. The summed E-state index contributed by atoms with van der Waals surface area (Å²) < 4.78 is 0. The molecule has 1 fully saturated rings. The Labute approximate surface area is 87.1 Å². The molecule has 0 saturated carbocycles. The molecule has 1 heterocycles. The van der Waals surface area contributed by atoms with Gasteiger partial charge in [-0.25, -0.2) is 0 Å². The number of rotatable bonds is 1. The van der Waals surface area contributed by atoms with Crippen molar-refractivity contribution in [3.05, 3.63) is 0 Å². The molecule has 3 nitrogen and oxygen atoms in total.